The first-order valence-electron chi connectivity index (χ1n) is 7.67. The van der Waals surface area contributed by atoms with Gasteiger partial charge in [-0.05, 0) is 31.1 Å². The van der Waals surface area contributed by atoms with Gasteiger partial charge in [-0.15, -0.1) is 0 Å². The number of aromatic nitrogens is 2. The summed E-state index contributed by atoms with van der Waals surface area (Å²) in [6.45, 7) is 6.46. The monoisotopic (exact) mass is 281 g/mol. The Bertz CT molecular complexity index is 435. The average Bonchev–Trinajstić information content (AvgIpc) is 2.95. The molecule has 0 aliphatic heterocycles. The first-order valence-corrected chi connectivity index (χ1v) is 7.67. The maximum atomic E-state index is 6.17. The van der Waals surface area contributed by atoms with E-state index in [1.165, 1.54) is 6.42 Å². The summed E-state index contributed by atoms with van der Waals surface area (Å²) < 4.78 is 11.2. The van der Waals surface area contributed by atoms with Gasteiger partial charge in [-0.25, -0.2) is 0 Å². The fourth-order valence-corrected chi connectivity index (χ4v) is 3.04. The van der Waals surface area contributed by atoms with Crippen molar-refractivity contribution in [3.8, 4) is 0 Å². The second-order valence-electron chi connectivity index (χ2n) is 6.27. The van der Waals surface area contributed by atoms with Crippen LogP contribution in [0, 0.1) is 11.8 Å². The molecule has 5 heteroatoms. The minimum absolute atomic E-state index is 0.198. The molecule has 1 fully saturated rings. The van der Waals surface area contributed by atoms with E-state index in [0.717, 1.165) is 25.7 Å². The van der Waals surface area contributed by atoms with E-state index in [9.17, 15) is 0 Å². The molecule has 1 aromatic rings. The van der Waals surface area contributed by atoms with Gasteiger partial charge >= 0.3 is 0 Å². The lowest BCUT2D eigenvalue weighted by Gasteiger charge is -2.36. The van der Waals surface area contributed by atoms with Crippen LogP contribution in [0.2, 0.25) is 0 Å². The number of methoxy groups -OCH3 is 1. The lowest BCUT2D eigenvalue weighted by atomic mass is 9.78. The van der Waals surface area contributed by atoms with Gasteiger partial charge in [-0.3, -0.25) is 0 Å². The molecule has 2 N–H and O–H groups in total. The summed E-state index contributed by atoms with van der Waals surface area (Å²) in [5, 5.41) is 4.16. The molecule has 0 bridgehead atoms. The van der Waals surface area contributed by atoms with Crippen molar-refractivity contribution in [2.24, 2.45) is 17.6 Å². The molecular weight excluding hydrogens is 254 g/mol. The second kappa shape index (κ2) is 6.22. The Balaban J connectivity index is 2.22. The van der Waals surface area contributed by atoms with Crippen LogP contribution < -0.4 is 5.73 Å². The summed E-state index contributed by atoms with van der Waals surface area (Å²) in [6, 6.07) is -0.198. The quantitative estimate of drug-likeness (QED) is 0.897. The van der Waals surface area contributed by atoms with Crippen molar-refractivity contribution < 1.29 is 9.26 Å². The maximum Gasteiger partial charge on any atom is 0.243 e. The minimum atomic E-state index is -0.394. The van der Waals surface area contributed by atoms with Crippen LogP contribution in [0.1, 0.15) is 70.6 Å². The maximum absolute atomic E-state index is 6.17. The van der Waals surface area contributed by atoms with E-state index in [2.05, 4.69) is 30.9 Å². The van der Waals surface area contributed by atoms with Gasteiger partial charge in [0.05, 0.1) is 6.04 Å². The van der Waals surface area contributed by atoms with Crippen molar-refractivity contribution in [2.75, 3.05) is 7.11 Å². The summed E-state index contributed by atoms with van der Waals surface area (Å²) in [4.78, 5) is 4.55. The van der Waals surface area contributed by atoms with Crippen molar-refractivity contribution in [1.82, 2.24) is 10.1 Å². The van der Waals surface area contributed by atoms with Crippen LogP contribution in [0.25, 0.3) is 0 Å². The Hall–Kier alpha value is -0.940. The van der Waals surface area contributed by atoms with Gasteiger partial charge in [0.1, 0.15) is 5.60 Å². The smallest absolute Gasteiger partial charge is 0.243 e. The SMILES string of the molecule is CC[C@H](C)[C@H](N)c1nc(C2(OC)CCCC(C)C2)no1. The highest BCUT2D eigenvalue weighted by molar-refractivity contribution is 5.05. The molecule has 4 atom stereocenters. The molecule has 2 unspecified atom stereocenters. The number of rotatable bonds is 5. The first kappa shape index (κ1) is 15.4. The molecule has 20 heavy (non-hydrogen) atoms. The fraction of sp³-hybridized carbons (Fsp3) is 0.867. The Morgan fingerprint density at radius 1 is 1.55 bits per heavy atom. The third kappa shape index (κ3) is 2.88. The highest BCUT2D eigenvalue weighted by Gasteiger charge is 2.41. The van der Waals surface area contributed by atoms with Crippen LogP contribution in [-0.2, 0) is 10.3 Å². The third-order valence-corrected chi connectivity index (χ3v) is 4.74. The van der Waals surface area contributed by atoms with Crippen LogP contribution in [0.5, 0.6) is 0 Å². The molecule has 0 radical (unpaired) electrons. The van der Waals surface area contributed by atoms with E-state index < -0.39 is 5.60 Å². The third-order valence-electron chi connectivity index (χ3n) is 4.74. The summed E-state index contributed by atoms with van der Waals surface area (Å²) in [5.74, 6) is 2.14. The topological polar surface area (TPSA) is 74.2 Å². The normalized spacial score (nSPS) is 30.1. The number of nitrogens with two attached hydrogens (primary N) is 1. The molecule has 0 saturated heterocycles. The molecule has 0 aromatic carbocycles. The summed E-state index contributed by atoms with van der Waals surface area (Å²) in [7, 11) is 1.74. The largest absolute Gasteiger partial charge is 0.370 e. The lowest BCUT2D eigenvalue weighted by molar-refractivity contribution is -0.0658. The number of nitrogens with zero attached hydrogens (tertiary/aromatic N) is 2. The van der Waals surface area contributed by atoms with Crippen LogP contribution in [0.4, 0.5) is 0 Å². The molecule has 1 aliphatic carbocycles. The van der Waals surface area contributed by atoms with Gasteiger partial charge in [-0.2, -0.15) is 4.98 Å². The fourth-order valence-electron chi connectivity index (χ4n) is 3.04. The Morgan fingerprint density at radius 3 is 2.90 bits per heavy atom. The Labute approximate surface area is 121 Å². The molecule has 0 amide bonds. The predicted molar refractivity (Wildman–Crippen MR) is 77.0 cm³/mol. The van der Waals surface area contributed by atoms with E-state index >= 15 is 0 Å². The van der Waals surface area contributed by atoms with Crippen molar-refractivity contribution in [3.05, 3.63) is 11.7 Å². The zero-order valence-electron chi connectivity index (χ0n) is 13.1. The Kier molecular flexibility index (Phi) is 4.81. The molecule has 114 valence electrons. The van der Waals surface area contributed by atoms with E-state index in [1.54, 1.807) is 7.11 Å². The highest BCUT2D eigenvalue weighted by atomic mass is 16.5. The van der Waals surface area contributed by atoms with E-state index in [4.69, 9.17) is 15.0 Å². The standard InChI is InChI=1S/C15H27N3O2/c1-5-11(3)12(16)13-17-14(18-20-13)15(19-4)8-6-7-10(2)9-15/h10-12H,5-9,16H2,1-4H3/t10?,11-,12-,15?/m0/s1. The summed E-state index contributed by atoms with van der Waals surface area (Å²) in [6.07, 6.45) is 5.26. The number of ether oxygens (including phenoxy) is 1. The molecule has 2 rings (SSSR count). The van der Waals surface area contributed by atoms with Crippen molar-refractivity contribution in [2.45, 2.75) is 64.5 Å². The van der Waals surface area contributed by atoms with Crippen molar-refractivity contribution >= 4 is 0 Å². The summed E-state index contributed by atoms with van der Waals surface area (Å²) in [5.41, 5.74) is 5.77. The van der Waals surface area contributed by atoms with Crippen LogP contribution in [0.3, 0.4) is 0 Å². The van der Waals surface area contributed by atoms with Crippen LogP contribution in [-0.4, -0.2) is 17.3 Å². The molecular formula is C15H27N3O2. The van der Waals surface area contributed by atoms with Gasteiger partial charge in [-0.1, -0.05) is 38.8 Å². The molecule has 0 spiro atoms. The number of hydrogen-bond donors (Lipinski definition) is 1. The number of hydrogen-bond acceptors (Lipinski definition) is 5. The van der Waals surface area contributed by atoms with Crippen molar-refractivity contribution in [1.29, 1.82) is 0 Å². The molecule has 5 nitrogen and oxygen atoms in total. The molecule has 1 heterocycles. The van der Waals surface area contributed by atoms with Crippen molar-refractivity contribution in [3.63, 3.8) is 0 Å². The van der Waals surface area contributed by atoms with E-state index in [-0.39, 0.29) is 6.04 Å². The van der Waals surface area contributed by atoms with Gasteiger partial charge in [0, 0.05) is 7.11 Å². The zero-order chi connectivity index (χ0) is 14.8. The van der Waals surface area contributed by atoms with Gasteiger partial charge in [0.25, 0.3) is 0 Å². The molecule has 1 saturated carbocycles. The van der Waals surface area contributed by atoms with Crippen LogP contribution in [0.15, 0.2) is 4.52 Å². The van der Waals surface area contributed by atoms with Gasteiger partial charge in [0.2, 0.25) is 11.7 Å². The molecule has 1 aromatic heterocycles. The summed E-state index contributed by atoms with van der Waals surface area (Å²) >= 11 is 0. The van der Waals surface area contributed by atoms with Gasteiger partial charge in [0.15, 0.2) is 0 Å². The van der Waals surface area contributed by atoms with E-state index in [0.29, 0.717) is 23.6 Å². The minimum Gasteiger partial charge on any atom is -0.370 e. The first-order chi connectivity index (χ1) is 9.52. The Morgan fingerprint density at radius 2 is 2.30 bits per heavy atom. The highest BCUT2D eigenvalue weighted by Crippen LogP contribution is 2.41. The van der Waals surface area contributed by atoms with E-state index in [1.807, 2.05) is 0 Å². The average molecular weight is 281 g/mol. The molecule has 1 aliphatic rings. The second-order valence-corrected chi connectivity index (χ2v) is 6.27. The lowest BCUT2D eigenvalue weighted by Crippen LogP contribution is -2.35. The predicted octanol–water partition coefficient (Wildman–Crippen LogP) is 3.17. The van der Waals surface area contributed by atoms with Crippen LogP contribution >= 0.6 is 0 Å². The van der Waals surface area contributed by atoms with Gasteiger partial charge < -0.3 is 15.0 Å². The zero-order valence-corrected chi connectivity index (χ0v) is 13.1.